The molecular weight excluding hydrogens is 1110 g/mol. The Morgan fingerprint density at radius 2 is 0.654 bits per heavy atom. The van der Waals surface area contributed by atoms with Gasteiger partial charge in [-0.15, -0.1) is 0 Å². The van der Waals surface area contributed by atoms with E-state index in [9.17, 15) is 35.9 Å². The van der Waals surface area contributed by atoms with Gasteiger partial charge < -0.3 is 11.5 Å². The zero-order chi connectivity index (χ0) is 55.7. The van der Waals surface area contributed by atoms with Crippen LogP contribution in [0.1, 0.15) is 107 Å². The maximum absolute atomic E-state index is 13.3. The van der Waals surface area contributed by atoms with E-state index in [1.165, 1.54) is 98.5 Å². The quantitative estimate of drug-likeness (QED) is 0.0706. The predicted molar refractivity (Wildman–Crippen MR) is 295 cm³/mol. The first kappa shape index (κ1) is 59.6. The number of halogens is 9. The van der Waals surface area contributed by atoms with Crippen molar-refractivity contribution >= 4 is 53.3 Å². The molecular formula is C60H56Cl3F6FeN6O2. The second-order valence-corrected chi connectivity index (χ2v) is 24.3. The fraction of sp³-hybridized carbons (Fsp3) is 0.267. The predicted octanol–water partition coefficient (Wildman–Crippen LogP) is 14.8. The average Bonchev–Trinajstić information content (AvgIpc) is 3.52. The Balaban J connectivity index is 0.000000155. The Kier molecular flexibility index (Phi) is 22.4. The molecule has 2 heterocycles. The van der Waals surface area contributed by atoms with Crippen LogP contribution in [0.15, 0.2) is 156 Å². The van der Waals surface area contributed by atoms with Gasteiger partial charge in [0.2, 0.25) is 11.6 Å². The third-order valence-corrected chi connectivity index (χ3v) is 13.4. The molecule has 0 bridgehead atoms. The van der Waals surface area contributed by atoms with Gasteiger partial charge in [0.05, 0.1) is 46.3 Å². The van der Waals surface area contributed by atoms with Crippen LogP contribution in [-0.2, 0) is 24.0 Å². The third-order valence-electron chi connectivity index (χ3n) is 13.4. The second kappa shape index (κ2) is 29.3. The number of fused-ring (bicyclic) bond motifs is 2. The standard InChI is InChI=1S/C20H18F2N2.C20H16F2N2.C14H8F2O2.C6H14N2.3ClH.Fe/c2*21-15-9-5-13(6-10-15)19-20(14-7-11-16(22)12-8-14)24-18-4-2-1-3-17(18)23-19;15-11-5-1-9(2-6-11)13(17)14(18)10-3-7-12(16)8-4-10;7-5-3-1-2-4-6(5)8;;;;/h5-12,17-18H,1-4H2;5-12H,1-4H2;1-8H;5-6H,1-4,7-8H2;3*1H;/q;;;;;;;+3/p-3. The number of benzene rings is 6. The molecule has 4 N–H and O–H groups in total. The average molecular weight is 1170 g/mol. The topological polar surface area (TPSA) is 137 Å². The first-order valence-corrected chi connectivity index (χ1v) is 30.0. The molecule has 7 aromatic rings. The van der Waals surface area contributed by atoms with Crippen LogP contribution in [-0.4, -0.2) is 57.1 Å². The van der Waals surface area contributed by atoms with E-state index < -0.39 is 34.4 Å². The van der Waals surface area contributed by atoms with Gasteiger partial charge in [0, 0.05) is 45.5 Å². The number of rotatable bonds is 7. The number of aryl methyl sites for hydroxylation is 2. The van der Waals surface area contributed by atoms with Gasteiger partial charge in [-0.1, -0.05) is 25.7 Å². The molecule has 1 aliphatic heterocycles. The molecule has 1 aromatic heterocycles. The fourth-order valence-electron chi connectivity index (χ4n) is 9.25. The molecule has 0 spiro atoms. The zero-order valence-electron chi connectivity index (χ0n) is 42.2. The molecule has 4 unspecified atom stereocenters. The second-order valence-electron chi connectivity index (χ2n) is 18.9. The molecule has 2 fully saturated rings. The molecule has 78 heavy (non-hydrogen) atoms. The Morgan fingerprint density at radius 3 is 0.936 bits per heavy atom. The first-order chi connectivity index (χ1) is 37.5. The molecule has 18 heteroatoms. The van der Waals surface area contributed by atoms with Crippen LogP contribution in [0.2, 0.25) is 0 Å². The van der Waals surface area contributed by atoms with Crippen molar-refractivity contribution in [2.75, 3.05) is 0 Å². The number of carbonyl (C=O) groups excluding carboxylic acids is 2. The number of hydrogen-bond donors (Lipinski definition) is 2. The maximum atomic E-state index is 13.3. The fourth-order valence-corrected chi connectivity index (χ4v) is 9.25. The summed E-state index contributed by atoms with van der Waals surface area (Å²) >= 11 is -1.33. The van der Waals surface area contributed by atoms with Gasteiger partial charge in [-0.05, 0) is 197 Å². The van der Waals surface area contributed by atoms with E-state index >= 15 is 0 Å². The van der Waals surface area contributed by atoms with Crippen LogP contribution in [0.5, 0.6) is 0 Å². The van der Waals surface area contributed by atoms with Crippen LogP contribution in [0.3, 0.4) is 0 Å². The number of aromatic nitrogens is 2. The van der Waals surface area contributed by atoms with Crippen LogP contribution in [0, 0.1) is 34.9 Å². The van der Waals surface area contributed by atoms with Crippen molar-refractivity contribution in [2.24, 2.45) is 21.5 Å². The van der Waals surface area contributed by atoms with Crippen molar-refractivity contribution in [3.63, 3.8) is 0 Å². The molecule has 8 nitrogen and oxygen atoms in total. The first-order valence-electron chi connectivity index (χ1n) is 25.4. The van der Waals surface area contributed by atoms with E-state index in [0.717, 1.165) is 132 Å². The molecule has 4 aliphatic rings. The van der Waals surface area contributed by atoms with Crippen molar-refractivity contribution in [1.29, 1.82) is 0 Å². The van der Waals surface area contributed by atoms with Crippen molar-refractivity contribution in [3.8, 4) is 22.5 Å². The van der Waals surface area contributed by atoms with Crippen LogP contribution in [0.4, 0.5) is 26.3 Å². The van der Waals surface area contributed by atoms with Crippen LogP contribution >= 0.6 is 30.3 Å². The summed E-state index contributed by atoms with van der Waals surface area (Å²) < 4.78 is 78.4. The number of hydrogen-bond acceptors (Lipinski definition) is 8. The van der Waals surface area contributed by atoms with E-state index in [4.69, 9.17) is 61.7 Å². The van der Waals surface area contributed by atoms with E-state index in [2.05, 4.69) is 0 Å². The summed E-state index contributed by atoms with van der Waals surface area (Å²) in [5.74, 6) is -3.58. The molecule has 0 radical (unpaired) electrons. The van der Waals surface area contributed by atoms with Crippen molar-refractivity contribution in [1.82, 2.24) is 9.97 Å². The Bertz CT molecular complexity index is 2940. The summed E-state index contributed by atoms with van der Waals surface area (Å²) in [4.78, 5) is 43.1. The number of aliphatic imine (C=N–C) groups is 2. The molecule has 0 amide bonds. The summed E-state index contributed by atoms with van der Waals surface area (Å²) in [5, 5.41) is 0. The van der Waals surface area contributed by atoms with Gasteiger partial charge in [0.25, 0.3) is 0 Å². The Labute approximate surface area is 467 Å². The van der Waals surface area contributed by atoms with Crippen molar-refractivity contribution in [3.05, 3.63) is 214 Å². The monoisotopic (exact) mass is 1170 g/mol. The van der Waals surface area contributed by atoms with Gasteiger partial charge in [-0.3, -0.25) is 19.6 Å². The number of nitrogens with two attached hydrogens (primary N) is 2. The summed E-state index contributed by atoms with van der Waals surface area (Å²) in [6.45, 7) is 0. The SMILES string of the molecule is Fc1ccc(-c2nc3c(nc2-c2ccc(F)cc2)CCCC3)cc1.Fc1ccc(C2=NC3CCCCC3N=C2c2ccc(F)cc2)cc1.NC1CCCCC1N.O=C(C(=O)c1ccc(F)cc1)c1ccc(F)cc1.[Cl][Fe]([Cl])[Cl]. The molecule has 6 aromatic carbocycles. The Hall–Kier alpha value is -6.03. The molecule has 3 aliphatic carbocycles. The Morgan fingerprint density at radius 1 is 0.397 bits per heavy atom. The number of nitrogens with zero attached hydrogens (tertiary/aromatic N) is 4. The van der Waals surface area contributed by atoms with Crippen LogP contribution in [0.25, 0.3) is 22.5 Å². The number of carbonyl (C=O) groups is 2. The number of Topliss-reactive ketones (excluding diaryl/α,β-unsaturated/α-hetero) is 2. The van der Waals surface area contributed by atoms with E-state index in [1.54, 1.807) is 48.5 Å². The van der Waals surface area contributed by atoms with E-state index in [0.29, 0.717) is 0 Å². The van der Waals surface area contributed by atoms with Gasteiger partial charge in [-0.2, -0.15) is 0 Å². The van der Waals surface area contributed by atoms with Gasteiger partial charge >= 0.3 is 41.5 Å². The summed E-state index contributed by atoms with van der Waals surface area (Å²) in [7, 11) is 14.7. The van der Waals surface area contributed by atoms with Crippen LogP contribution < -0.4 is 11.5 Å². The third kappa shape index (κ3) is 17.2. The minimum absolute atomic E-state index is 0.103. The van der Waals surface area contributed by atoms with E-state index in [1.807, 2.05) is 0 Å². The number of ketones is 2. The van der Waals surface area contributed by atoms with Crippen molar-refractivity contribution < 1.29 is 47.1 Å². The molecule has 409 valence electrons. The van der Waals surface area contributed by atoms with Gasteiger partial charge in [0.1, 0.15) is 34.9 Å². The van der Waals surface area contributed by atoms with Crippen molar-refractivity contribution in [2.45, 2.75) is 101 Å². The van der Waals surface area contributed by atoms with E-state index in [-0.39, 0.29) is 58.6 Å². The minimum atomic E-state index is -1.33. The van der Waals surface area contributed by atoms with Gasteiger partial charge in [0.15, 0.2) is 0 Å². The normalized spacial score (nSPS) is 18.3. The summed E-state index contributed by atoms with van der Waals surface area (Å²) in [6, 6.07) is 35.5. The summed E-state index contributed by atoms with van der Waals surface area (Å²) in [6.07, 6.45) is 13.3. The zero-order valence-corrected chi connectivity index (χ0v) is 45.5. The molecule has 2 saturated carbocycles. The molecule has 11 rings (SSSR count). The summed E-state index contributed by atoms with van der Waals surface area (Å²) in [5.41, 5.74) is 19.9. The molecule has 4 atom stereocenters. The van der Waals surface area contributed by atoms with Gasteiger partial charge in [-0.25, -0.2) is 36.3 Å². The molecule has 0 saturated heterocycles.